The second-order valence-electron chi connectivity index (χ2n) is 5.90. The first kappa shape index (κ1) is 14.4. The Morgan fingerprint density at radius 3 is 2.71 bits per heavy atom. The van der Waals surface area contributed by atoms with Gasteiger partial charge in [0, 0.05) is 24.9 Å². The summed E-state index contributed by atoms with van der Waals surface area (Å²) in [4.78, 5) is 17.5. The molecule has 1 aliphatic carbocycles. The third kappa shape index (κ3) is 2.52. The first-order valence-electron chi connectivity index (χ1n) is 7.22. The molecule has 21 heavy (non-hydrogen) atoms. The lowest BCUT2D eigenvalue weighted by Gasteiger charge is -2.32. The first-order valence-corrected chi connectivity index (χ1v) is 8.21. The highest BCUT2D eigenvalue weighted by Crippen LogP contribution is 2.44. The molecule has 1 saturated carbocycles. The summed E-state index contributed by atoms with van der Waals surface area (Å²) < 4.78 is 0. The van der Waals surface area contributed by atoms with E-state index in [1.807, 2.05) is 6.92 Å². The molecule has 1 aliphatic heterocycles. The van der Waals surface area contributed by atoms with Crippen molar-refractivity contribution in [3.8, 4) is 0 Å². The van der Waals surface area contributed by atoms with Gasteiger partial charge in [-0.25, -0.2) is 4.99 Å². The van der Waals surface area contributed by atoms with Crippen LogP contribution in [0.25, 0.3) is 0 Å². The summed E-state index contributed by atoms with van der Waals surface area (Å²) in [6, 6.07) is 4.86. The molecule has 2 aliphatic rings. The largest absolute Gasteiger partial charge is 0.348 e. The number of non-ortho nitro benzene ring substituents is 1. The number of nitrogens with zero attached hydrogens (tertiary/aromatic N) is 3. The lowest BCUT2D eigenvalue weighted by molar-refractivity contribution is -0.384. The average Bonchev–Trinajstić information content (AvgIpc) is 3.04. The zero-order valence-corrected chi connectivity index (χ0v) is 13.2. The number of hydrogen-bond donors (Lipinski definition) is 0. The second kappa shape index (κ2) is 5.33. The Labute approximate surface area is 128 Å². The quantitative estimate of drug-likeness (QED) is 0.614. The van der Waals surface area contributed by atoms with Gasteiger partial charge < -0.3 is 4.90 Å². The Morgan fingerprint density at radius 1 is 1.38 bits per heavy atom. The Kier molecular flexibility index (Phi) is 3.65. The summed E-state index contributed by atoms with van der Waals surface area (Å²) in [5.74, 6) is 1.11. The van der Waals surface area contributed by atoms with Crippen molar-refractivity contribution >= 4 is 28.3 Å². The number of benzene rings is 1. The fourth-order valence-electron chi connectivity index (χ4n) is 3.20. The predicted molar refractivity (Wildman–Crippen MR) is 86.3 cm³/mol. The van der Waals surface area contributed by atoms with Crippen LogP contribution in [0.3, 0.4) is 0 Å². The first-order chi connectivity index (χ1) is 10.0. The monoisotopic (exact) mass is 305 g/mol. The van der Waals surface area contributed by atoms with Gasteiger partial charge in [0.1, 0.15) is 0 Å². The molecule has 1 heterocycles. The Bertz CT molecular complexity index is 609. The van der Waals surface area contributed by atoms with Gasteiger partial charge in [0.05, 0.1) is 16.1 Å². The van der Waals surface area contributed by atoms with Crippen LogP contribution in [0.4, 0.5) is 11.4 Å². The standard InChI is InChI=1S/C15H19N3O2S/c1-11-9-12(18(19)20)5-6-13(11)16-14-17(2)15(10-21-14)7-3-4-8-15/h5-6,9H,3-4,7-8,10H2,1-2H3. The fraction of sp³-hybridized carbons (Fsp3) is 0.533. The smallest absolute Gasteiger partial charge is 0.269 e. The van der Waals surface area contributed by atoms with Crippen molar-refractivity contribution in [3.05, 3.63) is 33.9 Å². The Hall–Kier alpha value is -1.56. The maximum absolute atomic E-state index is 10.8. The molecule has 0 unspecified atom stereocenters. The number of amidine groups is 1. The number of rotatable bonds is 2. The third-order valence-electron chi connectivity index (χ3n) is 4.61. The molecule has 1 spiro atoms. The molecule has 0 aromatic heterocycles. The molecule has 0 N–H and O–H groups in total. The molecule has 3 rings (SSSR count). The molecule has 6 heteroatoms. The highest BCUT2D eigenvalue weighted by molar-refractivity contribution is 8.14. The van der Waals surface area contributed by atoms with E-state index in [2.05, 4.69) is 11.9 Å². The van der Waals surface area contributed by atoms with E-state index >= 15 is 0 Å². The van der Waals surface area contributed by atoms with Gasteiger partial charge in [0.2, 0.25) is 0 Å². The van der Waals surface area contributed by atoms with Crippen molar-refractivity contribution in [2.45, 2.75) is 38.1 Å². The molecule has 1 aromatic rings. The van der Waals surface area contributed by atoms with E-state index in [0.717, 1.165) is 22.2 Å². The maximum Gasteiger partial charge on any atom is 0.269 e. The van der Waals surface area contributed by atoms with Crippen molar-refractivity contribution in [1.82, 2.24) is 4.90 Å². The highest BCUT2D eigenvalue weighted by Gasteiger charge is 2.44. The van der Waals surface area contributed by atoms with E-state index in [1.165, 1.54) is 31.7 Å². The van der Waals surface area contributed by atoms with Gasteiger partial charge in [-0.1, -0.05) is 24.6 Å². The molecule has 1 aromatic carbocycles. The van der Waals surface area contributed by atoms with Gasteiger partial charge >= 0.3 is 0 Å². The molecule has 0 atom stereocenters. The van der Waals surface area contributed by atoms with Gasteiger partial charge in [-0.2, -0.15) is 0 Å². The zero-order chi connectivity index (χ0) is 15.0. The van der Waals surface area contributed by atoms with Crippen molar-refractivity contribution in [1.29, 1.82) is 0 Å². The summed E-state index contributed by atoms with van der Waals surface area (Å²) in [5, 5.41) is 11.8. The minimum Gasteiger partial charge on any atom is -0.348 e. The van der Waals surface area contributed by atoms with Gasteiger partial charge in [-0.15, -0.1) is 0 Å². The molecule has 1 saturated heterocycles. The number of aryl methyl sites for hydroxylation is 1. The van der Waals surface area contributed by atoms with Gasteiger partial charge in [0.25, 0.3) is 5.69 Å². The second-order valence-corrected chi connectivity index (χ2v) is 6.84. The van der Waals surface area contributed by atoms with Crippen LogP contribution in [0, 0.1) is 17.0 Å². The van der Waals surface area contributed by atoms with Crippen molar-refractivity contribution < 1.29 is 4.92 Å². The average molecular weight is 305 g/mol. The maximum atomic E-state index is 10.8. The molecule has 5 nitrogen and oxygen atoms in total. The van der Waals surface area contributed by atoms with Crippen molar-refractivity contribution in [2.24, 2.45) is 4.99 Å². The van der Waals surface area contributed by atoms with Crippen LogP contribution in [0.5, 0.6) is 0 Å². The lowest BCUT2D eigenvalue weighted by Crippen LogP contribution is -2.42. The number of thioether (sulfide) groups is 1. The van der Waals surface area contributed by atoms with E-state index < -0.39 is 0 Å². The SMILES string of the molecule is Cc1cc([N+](=O)[O-])ccc1N=C1SCC2(CCCC2)N1C. The molecule has 112 valence electrons. The summed E-state index contributed by atoms with van der Waals surface area (Å²) in [7, 11) is 2.13. The van der Waals surface area contributed by atoms with E-state index in [-0.39, 0.29) is 16.1 Å². The van der Waals surface area contributed by atoms with Crippen LogP contribution in [0.2, 0.25) is 0 Å². The molecule has 0 amide bonds. The van der Waals surface area contributed by atoms with E-state index in [9.17, 15) is 10.1 Å². The molecular formula is C15H19N3O2S. The lowest BCUT2D eigenvalue weighted by atomic mass is 9.99. The van der Waals surface area contributed by atoms with Crippen LogP contribution in [-0.2, 0) is 0 Å². The number of nitro benzene ring substituents is 1. The molecule has 2 fully saturated rings. The minimum atomic E-state index is -0.367. The van der Waals surface area contributed by atoms with Gasteiger partial charge in [-0.3, -0.25) is 10.1 Å². The van der Waals surface area contributed by atoms with E-state index in [4.69, 9.17) is 4.99 Å². The number of aliphatic imine (C=N–C) groups is 1. The van der Waals surface area contributed by atoms with Crippen LogP contribution < -0.4 is 0 Å². The summed E-state index contributed by atoms with van der Waals surface area (Å²) in [5.41, 5.74) is 2.08. The van der Waals surface area contributed by atoms with Gasteiger partial charge in [-0.05, 0) is 31.4 Å². The normalized spacial score (nSPS) is 22.4. The Balaban J connectivity index is 1.87. The zero-order valence-electron chi connectivity index (χ0n) is 12.3. The number of hydrogen-bond acceptors (Lipinski definition) is 4. The summed E-state index contributed by atoms with van der Waals surface area (Å²) in [6.45, 7) is 1.87. The summed E-state index contributed by atoms with van der Waals surface area (Å²) >= 11 is 1.80. The topological polar surface area (TPSA) is 58.7 Å². The van der Waals surface area contributed by atoms with Crippen LogP contribution in [-0.4, -0.2) is 33.3 Å². The minimum absolute atomic E-state index is 0.121. The number of nitro groups is 1. The molecule has 0 radical (unpaired) electrons. The summed E-state index contributed by atoms with van der Waals surface area (Å²) in [6.07, 6.45) is 5.09. The van der Waals surface area contributed by atoms with E-state index in [0.29, 0.717) is 0 Å². The fourth-order valence-corrected chi connectivity index (χ4v) is 4.63. The highest BCUT2D eigenvalue weighted by atomic mass is 32.2. The van der Waals surface area contributed by atoms with Crippen molar-refractivity contribution in [3.63, 3.8) is 0 Å². The molecular weight excluding hydrogens is 286 g/mol. The van der Waals surface area contributed by atoms with Gasteiger partial charge in [0.15, 0.2) is 5.17 Å². The van der Waals surface area contributed by atoms with Crippen molar-refractivity contribution in [2.75, 3.05) is 12.8 Å². The third-order valence-corrected chi connectivity index (χ3v) is 5.91. The van der Waals surface area contributed by atoms with Crippen LogP contribution in [0.1, 0.15) is 31.2 Å². The Morgan fingerprint density at radius 2 is 2.10 bits per heavy atom. The van der Waals surface area contributed by atoms with Crippen LogP contribution >= 0.6 is 11.8 Å². The predicted octanol–water partition coefficient (Wildman–Crippen LogP) is 3.88. The van der Waals surface area contributed by atoms with Crippen LogP contribution in [0.15, 0.2) is 23.2 Å². The molecule has 0 bridgehead atoms. The van der Waals surface area contributed by atoms with E-state index in [1.54, 1.807) is 23.9 Å².